The van der Waals surface area contributed by atoms with Gasteiger partial charge in [-0.15, -0.1) is 0 Å². The molecular weight excluding hydrogens is 418 g/mol. The molecule has 33 heavy (non-hydrogen) atoms. The monoisotopic (exact) mass is 455 g/mol. The molecule has 1 aliphatic heterocycles. The van der Waals surface area contributed by atoms with E-state index in [-0.39, 0.29) is 18.4 Å². The van der Waals surface area contributed by atoms with Crippen molar-refractivity contribution in [3.63, 3.8) is 0 Å². The number of carbonyl (C=O) groups is 2. The number of carbonyl (C=O) groups excluding carboxylic acids is 2. The Bertz CT molecular complexity index is 855. The Kier molecular flexibility index (Phi) is 9.09. The second kappa shape index (κ2) is 12.0. The molecule has 7 nitrogen and oxygen atoms in total. The highest BCUT2D eigenvalue weighted by Gasteiger charge is 2.30. The summed E-state index contributed by atoms with van der Waals surface area (Å²) in [6.07, 6.45) is 2.36. The quantitative estimate of drug-likeness (QED) is 0.551. The Morgan fingerprint density at radius 1 is 0.970 bits per heavy atom. The third-order valence-electron chi connectivity index (χ3n) is 5.84. The molecule has 0 saturated carbocycles. The van der Waals surface area contributed by atoms with Crippen LogP contribution in [0.25, 0.3) is 0 Å². The smallest absolute Gasteiger partial charge is 0.242 e. The van der Waals surface area contributed by atoms with E-state index in [1.54, 1.807) is 16.1 Å². The first-order chi connectivity index (χ1) is 15.8. The first kappa shape index (κ1) is 25.0. The van der Waals surface area contributed by atoms with Crippen LogP contribution < -0.4 is 0 Å². The summed E-state index contributed by atoms with van der Waals surface area (Å²) in [4.78, 5) is 32.4. The van der Waals surface area contributed by atoms with E-state index in [0.717, 1.165) is 31.8 Å². The Morgan fingerprint density at radius 3 is 2.33 bits per heavy atom. The van der Waals surface area contributed by atoms with Gasteiger partial charge in [0.1, 0.15) is 5.76 Å². The lowest BCUT2D eigenvalue weighted by molar-refractivity contribution is -0.146. The SMILES string of the molecule is CC(C)(C)C(=O)N(CCN1CCOCC1)CC(=O)N(CCc1ccccc1)Cc1ccco1. The maximum absolute atomic E-state index is 13.4. The van der Waals surface area contributed by atoms with Crippen LogP contribution in [0, 0.1) is 5.41 Å². The van der Waals surface area contributed by atoms with E-state index in [4.69, 9.17) is 9.15 Å². The maximum atomic E-state index is 13.4. The van der Waals surface area contributed by atoms with Crippen molar-refractivity contribution in [1.82, 2.24) is 14.7 Å². The zero-order valence-corrected chi connectivity index (χ0v) is 20.2. The van der Waals surface area contributed by atoms with Crippen LogP contribution >= 0.6 is 0 Å². The molecule has 0 bridgehead atoms. The number of hydrogen-bond donors (Lipinski definition) is 0. The van der Waals surface area contributed by atoms with Gasteiger partial charge in [-0.3, -0.25) is 14.5 Å². The Labute approximate surface area is 197 Å². The molecule has 2 amide bonds. The Morgan fingerprint density at radius 2 is 1.70 bits per heavy atom. The second-order valence-electron chi connectivity index (χ2n) is 9.56. The highest BCUT2D eigenvalue weighted by molar-refractivity contribution is 5.87. The van der Waals surface area contributed by atoms with Crippen molar-refractivity contribution in [2.75, 3.05) is 52.5 Å². The van der Waals surface area contributed by atoms with Gasteiger partial charge in [0.2, 0.25) is 11.8 Å². The molecule has 1 fully saturated rings. The Balaban J connectivity index is 1.68. The molecule has 0 atom stereocenters. The molecule has 2 aromatic rings. The van der Waals surface area contributed by atoms with E-state index in [2.05, 4.69) is 17.0 Å². The fourth-order valence-electron chi connectivity index (χ4n) is 3.87. The molecular formula is C26H37N3O4. The predicted molar refractivity (Wildman–Crippen MR) is 128 cm³/mol. The van der Waals surface area contributed by atoms with Gasteiger partial charge in [-0.05, 0) is 24.1 Å². The Hall–Kier alpha value is -2.64. The molecule has 0 spiro atoms. The topological polar surface area (TPSA) is 66.2 Å². The van der Waals surface area contributed by atoms with Crippen molar-refractivity contribution >= 4 is 11.8 Å². The molecule has 0 N–H and O–H groups in total. The highest BCUT2D eigenvalue weighted by atomic mass is 16.5. The van der Waals surface area contributed by atoms with Crippen LogP contribution in [-0.2, 0) is 27.3 Å². The lowest BCUT2D eigenvalue weighted by Gasteiger charge is -2.34. The molecule has 3 rings (SSSR count). The summed E-state index contributed by atoms with van der Waals surface area (Å²) in [5.41, 5.74) is 0.617. The lowest BCUT2D eigenvalue weighted by atomic mass is 9.94. The number of rotatable bonds is 10. The van der Waals surface area contributed by atoms with E-state index < -0.39 is 5.41 Å². The number of hydrogen-bond acceptors (Lipinski definition) is 5. The average molecular weight is 456 g/mol. The molecule has 180 valence electrons. The summed E-state index contributed by atoms with van der Waals surface area (Å²) >= 11 is 0. The van der Waals surface area contributed by atoms with Gasteiger partial charge in [0.25, 0.3) is 0 Å². The van der Waals surface area contributed by atoms with Gasteiger partial charge in [-0.2, -0.15) is 0 Å². The number of amides is 2. The van der Waals surface area contributed by atoms with Crippen LogP contribution in [0.3, 0.4) is 0 Å². The molecule has 1 aliphatic rings. The zero-order chi connectivity index (χ0) is 23.7. The first-order valence-corrected chi connectivity index (χ1v) is 11.8. The van der Waals surface area contributed by atoms with Crippen molar-refractivity contribution in [3.8, 4) is 0 Å². The van der Waals surface area contributed by atoms with Crippen LogP contribution in [0.5, 0.6) is 0 Å². The number of morpholine rings is 1. The largest absolute Gasteiger partial charge is 0.467 e. The molecule has 1 saturated heterocycles. The van der Waals surface area contributed by atoms with Crippen LogP contribution in [0.2, 0.25) is 0 Å². The van der Waals surface area contributed by atoms with Gasteiger partial charge in [-0.1, -0.05) is 51.1 Å². The van der Waals surface area contributed by atoms with Gasteiger partial charge < -0.3 is 19.0 Å². The minimum atomic E-state index is -0.554. The van der Waals surface area contributed by atoms with Crippen molar-refractivity contribution in [3.05, 3.63) is 60.1 Å². The van der Waals surface area contributed by atoms with Crippen molar-refractivity contribution in [2.24, 2.45) is 5.41 Å². The third-order valence-corrected chi connectivity index (χ3v) is 5.84. The van der Waals surface area contributed by atoms with E-state index in [9.17, 15) is 9.59 Å². The summed E-state index contributed by atoms with van der Waals surface area (Å²) < 4.78 is 10.9. The number of nitrogens with zero attached hydrogens (tertiary/aromatic N) is 3. The minimum Gasteiger partial charge on any atom is -0.467 e. The molecule has 0 radical (unpaired) electrons. The number of furan rings is 1. The number of benzene rings is 1. The number of ether oxygens (including phenoxy) is 1. The predicted octanol–water partition coefficient (Wildman–Crippen LogP) is 3.06. The van der Waals surface area contributed by atoms with Gasteiger partial charge in [0, 0.05) is 38.1 Å². The third kappa shape index (κ3) is 8.02. The van der Waals surface area contributed by atoms with Gasteiger partial charge in [-0.25, -0.2) is 0 Å². The lowest BCUT2D eigenvalue weighted by Crippen LogP contribution is -2.50. The fourth-order valence-corrected chi connectivity index (χ4v) is 3.87. The van der Waals surface area contributed by atoms with Crippen LogP contribution in [-0.4, -0.2) is 79.0 Å². The summed E-state index contributed by atoms with van der Waals surface area (Å²) in [5.74, 6) is 0.658. The van der Waals surface area contributed by atoms with E-state index in [0.29, 0.717) is 32.8 Å². The summed E-state index contributed by atoms with van der Waals surface area (Å²) in [7, 11) is 0. The molecule has 7 heteroatoms. The zero-order valence-electron chi connectivity index (χ0n) is 20.2. The van der Waals surface area contributed by atoms with Crippen molar-refractivity contribution in [2.45, 2.75) is 33.7 Å². The second-order valence-corrected chi connectivity index (χ2v) is 9.56. The average Bonchev–Trinajstić information content (AvgIpc) is 3.32. The molecule has 0 aliphatic carbocycles. The van der Waals surface area contributed by atoms with Gasteiger partial charge >= 0.3 is 0 Å². The van der Waals surface area contributed by atoms with Crippen LogP contribution in [0.15, 0.2) is 53.1 Å². The summed E-state index contributed by atoms with van der Waals surface area (Å²) in [6, 6.07) is 13.8. The van der Waals surface area contributed by atoms with Crippen LogP contribution in [0.1, 0.15) is 32.1 Å². The summed E-state index contributed by atoms with van der Waals surface area (Å²) in [5, 5.41) is 0. The molecule has 1 aromatic carbocycles. The summed E-state index contributed by atoms with van der Waals surface area (Å²) in [6.45, 7) is 11.1. The molecule has 1 aromatic heterocycles. The molecule has 0 unspecified atom stereocenters. The van der Waals surface area contributed by atoms with Gasteiger partial charge in [0.05, 0.1) is 32.6 Å². The van der Waals surface area contributed by atoms with E-state index >= 15 is 0 Å². The van der Waals surface area contributed by atoms with E-state index in [1.807, 2.05) is 51.1 Å². The van der Waals surface area contributed by atoms with Crippen LogP contribution in [0.4, 0.5) is 0 Å². The fraction of sp³-hybridized carbons (Fsp3) is 0.538. The van der Waals surface area contributed by atoms with Crippen molar-refractivity contribution < 1.29 is 18.7 Å². The van der Waals surface area contributed by atoms with Gasteiger partial charge in [0.15, 0.2) is 0 Å². The normalized spacial score (nSPS) is 14.8. The first-order valence-electron chi connectivity index (χ1n) is 11.8. The maximum Gasteiger partial charge on any atom is 0.242 e. The minimum absolute atomic E-state index is 0.00915. The molecule has 2 heterocycles. The van der Waals surface area contributed by atoms with E-state index in [1.165, 1.54) is 5.56 Å². The highest BCUT2D eigenvalue weighted by Crippen LogP contribution is 2.18. The standard InChI is InChI=1S/C26H37N3O4/c1-26(2,3)25(31)29(14-13-27-15-18-32-19-16-27)21-24(30)28(20-23-10-7-17-33-23)12-11-22-8-5-4-6-9-22/h4-10,17H,11-16,18-21H2,1-3H3. The van der Waals surface area contributed by atoms with Crippen molar-refractivity contribution in [1.29, 1.82) is 0 Å².